The monoisotopic (exact) mass is 905 g/mol. The van der Waals surface area contributed by atoms with E-state index in [0.717, 1.165) is 69.6 Å². The molecule has 380 valence electrons. The first-order valence-corrected chi connectivity index (χ1v) is 28.8. The van der Waals surface area contributed by atoms with Crippen LogP contribution in [0.1, 0.15) is 324 Å². The minimum atomic E-state index is -0.762. The largest absolute Gasteiger partial charge is 0.462 e. The van der Waals surface area contributed by atoms with Gasteiger partial charge in [-0.25, -0.2) is 0 Å². The number of ether oxygens (including phenoxy) is 3. The Kier molecular flexibility index (Phi) is 49.6. The maximum absolute atomic E-state index is 12.8. The topological polar surface area (TPSA) is 78.9 Å². The van der Waals surface area contributed by atoms with Gasteiger partial charge in [0.15, 0.2) is 6.10 Å². The molecule has 0 aliphatic heterocycles. The van der Waals surface area contributed by atoms with Crippen molar-refractivity contribution in [1.29, 1.82) is 0 Å². The van der Waals surface area contributed by atoms with Crippen LogP contribution in [0.3, 0.4) is 0 Å². The average Bonchev–Trinajstić information content (AvgIpc) is 3.28. The van der Waals surface area contributed by atoms with Crippen LogP contribution < -0.4 is 0 Å². The lowest BCUT2D eigenvalue weighted by atomic mass is 9.99. The van der Waals surface area contributed by atoms with Gasteiger partial charge in [-0.15, -0.1) is 0 Å². The van der Waals surface area contributed by atoms with Gasteiger partial charge in [0, 0.05) is 19.3 Å². The van der Waals surface area contributed by atoms with Gasteiger partial charge in [0.2, 0.25) is 0 Å². The Morgan fingerprint density at radius 1 is 0.328 bits per heavy atom. The van der Waals surface area contributed by atoms with Crippen molar-refractivity contribution in [2.24, 2.45) is 11.8 Å². The number of hydrogen-bond donors (Lipinski definition) is 0. The second-order valence-corrected chi connectivity index (χ2v) is 20.6. The van der Waals surface area contributed by atoms with Crippen LogP contribution in [0.25, 0.3) is 0 Å². The van der Waals surface area contributed by atoms with Gasteiger partial charge in [-0.3, -0.25) is 14.4 Å². The van der Waals surface area contributed by atoms with E-state index in [1.54, 1.807) is 0 Å². The first-order valence-electron chi connectivity index (χ1n) is 28.8. The van der Waals surface area contributed by atoms with Crippen molar-refractivity contribution in [3.63, 3.8) is 0 Å². The smallest absolute Gasteiger partial charge is 0.306 e. The molecule has 0 aliphatic rings. The molecule has 0 fully saturated rings. The molecule has 0 N–H and O–H groups in total. The maximum Gasteiger partial charge on any atom is 0.306 e. The van der Waals surface area contributed by atoms with E-state index in [0.29, 0.717) is 19.3 Å². The zero-order valence-electron chi connectivity index (χ0n) is 43.9. The first kappa shape index (κ1) is 62.4. The summed E-state index contributed by atoms with van der Waals surface area (Å²) in [5.41, 5.74) is 0. The summed E-state index contributed by atoms with van der Waals surface area (Å²) in [6.45, 7) is 11.4. The molecule has 0 aromatic rings. The molecule has 0 spiro atoms. The van der Waals surface area contributed by atoms with Crippen LogP contribution in [0.5, 0.6) is 0 Å². The molecule has 0 aromatic carbocycles. The van der Waals surface area contributed by atoms with Crippen LogP contribution in [0.15, 0.2) is 0 Å². The molecule has 1 unspecified atom stereocenters. The Morgan fingerprint density at radius 3 is 0.891 bits per heavy atom. The lowest BCUT2D eigenvalue weighted by Gasteiger charge is -2.18. The van der Waals surface area contributed by atoms with Crippen molar-refractivity contribution in [3.05, 3.63) is 0 Å². The summed E-state index contributed by atoms with van der Waals surface area (Å²) in [6.07, 6.45) is 53.8. The number of rotatable bonds is 52. The third-order valence-corrected chi connectivity index (χ3v) is 13.6. The third kappa shape index (κ3) is 49.8. The molecule has 0 saturated heterocycles. The predicted molar refractivity (Wildman–Crippen MR) is 275 cm³/mol. The highest BCUT2D eigenvalue weighted by Crippen LogP contribution is 2.18. The van der Waals surface area contributed by atoms with Crippen LogP contribution in [0.4, 0.5) is 0 Å². The summed E-state index contributed by atoms with van der Waals surface area (Å²) in [6, 6.07) is 0. The molecule has 0 heterocycles. The highest BCUT2D eigenvalue weighted by atomic mass is 16.6. The summed E-state index contributed by atoms with van der Waals surface area (Å²) in [5.74, 6) is 0.860. The van der Waals surface area contributed by atoms with Gasteiger partial charge in [0.05, 0.1) is 0 Å². The highest BCUT2D eigenvalue weighted by Gasteiger charge is 2.19. The minimum absolute atomic E-state index is 0.0634. The second-order valence-electron chi connectivity index (χ2n) is 20.6. The van der Waals surface area contributed by atoms with Crippen molar-refractivity contribution in [1.82, 2.24) is 0 Å². The molecule has 64 heavy (non-hydrogen) atoms. The summed E-state index contributed by atoms with van der Waals surface area (Å²) in [5, 5.41) is 0. The summed E-state index contributed by atoms with van der Waals surface area (Å²) in [7, 11) is 0. The lowest BCUT2D eigenvalue weighted by molar-refractivity contribution is -0.167. The molecule has 0 aromatic heterocycles. The molecule has 0 saturated carbocycles. The van der Waals surface area contributed by atoms with Crippen LogP contribution in [-0.4, -0.2) is 37.2 Å². The van der Waals surface area contributed by atoms with Gasteiger partial charge in [-0.1, -0.05) is 285 Å². The second kappa shape index (κ2) is 50.8. The van der Waals surface area contributed by atoms with E-state index in [1.807, 2.05) is 0 Å². The molecular formula is C58H112O6. The van der Waals surface area contributed by atoms with E-state index < -0.39 is 6.10 Å². The Balaban J connectivity index is 4.19. The molecule has 6 nitrogen and oxygen atoms in total. The lowest BCUT2D eigenvalue weighted by Crippen LogP contribution is -2.30. The average molecular weight is 906 g/mol. The van der Waals surface area contributed by atoms with Crippen molar-refractivity contribution in [3.8, 4) is 0 Å². The first-order chi connectivity index (χ1) is 31.3. The molecule has 0 radical (unpaired) electrons. The zero-order valence-corrected chi connectivity index (χ0v) is 43.9. The fourth-order valence-corrected chi connectivity index (χ4v) is 8.84. The molecule has 2 atom stereocenters. The van der Waals surface area contributed by atoms with E-state index in [-0.39, 0.29) is 31.1 Å². The van der Waals surface area contributed by atoms with Crippen LogP contribution in [0, 0.1) is 11.8 Å². The fraction of sp³-hybridized carbons (Fsp3) is 0.948. The maximum atomic E-state index is 12.8. The Morgan fingerprint density at radius 2 is 0.594 bits per heavy atom. The molecule has 0 amide bonds. The zero-order chi connectivity index (χ0) is 46.8. The third-order valence-electron chi connectivity index (χ3n) is 13.6. The van der Waals surface area contributed by atoms with Crippen molar-refractivity contribution < 1.29 is 28.6 Å². The molecule has 6 heteroatoms. The summed E-state index contributed by atoms with van der Waals surface area (Å²) >= 11 is 0. The van der Waals surface area contributed by atoms with E-state index in [1.165, 1.54) is 212 Å². The van der Waals surface area contributed by atoms with Gasteiger partial charge in [0.1, 0.15) is 13.2 Å². The van der Waals surface area contributed by atoms with E-state index in [4.69, 9.17) is 14.2 Å². The van der Waals surface area contributed by atoms with Crippen LogP contribution in [0.2, 0.25) is 0 Å². The van der Waals surface area contributed by atoms with Gasteiger partial charge >= 0.3 is 17.9 Å². The van der Waals surface area contributed by atoms with Gasteiger partial charge < -0.3 is 14.2 Å². The van der Waals surface area contributed by atoms with E-state index in [9.17, 15) is 14.4 Å². The van der Waals surface area contributed by atoms with E-state index in [2.05, 4.69) is 34.6 Å². The highest BCUT2D eigenvalue weighted by molar-refractivity contribution is 5.71. The van der Waals surface area contributed by atoms with Crippen molar-refractivity contribution >= 4 is 17.9 Å². The Bertz CT molecular complexity index is 980. The SMILES string of the molecule is CCCCCCCCCCCCCCCC(=O)OC[C@@H](COC(=O)CCCCCCCCCCCCCCCCCCCCC(C)CC)OC(=O)CCCCCCCCCCC(C)C. The van der Waals surface area contributed by atoms with Crippen LogP contribution in [-0.2, 0) is 28.6 Å². The summed E-state index contributed by atoms with van der Waals surface area (Å²) < 4.78 is 16.9. The standard InChI is InChI=1S/C58H112O6/c1-6-8-9-10-11-12-13-20-24-27-33-38-43-48-56(59)62-51-55(64-58(61)50-45-40-35-30-29-31-36-41-46-53(3)4)52-63-57(60)49-44-39-34-28-25-22-19-17-15-14-16-18-21-23-26-32-37-42-47-54(5)7-2/h53-55H,6-52H2,1-5H3/t54?,55-/m0/s1. The number of unbranched alkanes of at least 4 members (excludes halogenated alkanes) is 36. The summed E-state index contributed by atoms with van der Waals surface area (Å²) in [4.78, 5) is 38.0. The normalized spacial score (nSPS) is 12.5. The molecule has 0 aliphatic carbocycles. The molecular weight excluding hydrogens is 793 g/mol. The number of esters is 3. The number of carbonyl (C=O) groups is 3. The minimum Gasteiger partial charge on any atom is -0.462 e. The van der Waals surface area contributed by atoms with Gasteiger partial charge in [-0.2, -0.15) is 0 Å². The van der Waals surface area contributed by atoms with Crippen LogP contribution >= 0.6 is 0 Å². The predicted octanol–water partition coefficient (Wildman–Crippen LogP) is 18.9. The van der Waals surface area contributed by atoms with Crippen molar-refractivity contribution in [2.75, 3.05) is 13.2 Å². The van der Waals surface area contributed by atoms with Gasteiger partial charge in [0.25, 0.3) is 0 Å². The number of carbonyl (C=O) groups excluding carboxylic acids is 3. The molecule has 0 bridgehead atoms. The van der Waals surface area contributed by atoms with Gasteiger partial charge in [-0.05, 0) is 31.1 Å². The van der Waals surface area contributed by atoms with E-state index >= 15 is 0 Å². The quantitative estimate of drug-likeness (QED) is 0.0344. The number of hydrogen-bond acceptors (Lipinski definition) is 6. The molecule has 0 rings (SSSR count). The van der Waals surface area contributed by atoms with Crippen molar-refractivity contribution in [2.45, 2.75) is 330 Å². The Hall–Kier alpha value is -1.59. The fourth-order valence-electron chi connectivity index (χ4n) is 8.84. The Labute approximate surface area is 399 Å².